The summed E-state index contributed by atoms with van der Waals surface area (Å²) in [6.07, 6.45) is 3.45. The zero-order chi connectivity index (χ0) is 19.2. The van der Waals surface area contributed by atoms with Crippen molar-refractivity contribution in [1.29, 1.82) is 0 Å². The molecule has 0 aliphatic carbocycles. The molecule has 0 bridgehead atoms. The highest BCUT2D eigenvalue weighted by atomic mass is 35.5. The third-order valence-corrected chi connectivity index (χ3v) is 5.48. The number of pyridine rings is 1. The summed E-state index contributed by atoms with van der Waals surface area (Å²) in [5.74, 6) is 0.696. The predicted octanol–water partition coefficient (Wildman–Crippen LogP) is 3.81. The van der Waals surface area contributed by atoms with Gasteiger partial charge in [-0.15, -0.1) is 10.2 Å². The van der Waals surface area contributed by atoms with Gasteiger partial charge in [0.15, 0.2) is 11.0 Å². The van der Waals surface area contributed by atoms with E-state index in [1.807, 2.05) is 54.8 Å². The van der Waals surface area contributed by atoms with Crippen molar-refractivity contribution in [2.24, 2.45) is 0 Å². The number of rotatable bonds is 7. The second kappa shape index (κ2) is 9.01. The maximum absolute atomic E-state index is 12.5. The Morgan fingerprint density at radius 3 is 2.67 bits per heavy atom. The lowest BCUT2D eigenvalue weighted by Crippen LogP contribution is -2.30. The Labute approximate surface area is 167 Å². The van der Waals surface area contributed by atoms with Crippen molar-refractivity contribution in [3.05, 3.63) is 59.4 Å². The zero-order valence-electron chi connectivity index (χ0n) is 15.1. The van der Waals surface area contributed by atoms with Gasteiger partial charge in [-0.2, -0.15) is 0 Å². The van der Waals surface area contributed by atoms with Gasteiger partial charge in [-0.25, -0.2) is 0 Å². The first kappa shape index (κ1) is 19.4. The largest absolute Gasteiger partial charge is 0.351 e. The van der Waals surface area contributed by atoms with Crippen molar-refractivity contribution < 1.29 is 4.79 Å². The van der Waals surface area contributed by atoms with E-state index >= 15 is 0 Å². The fourth-order valence-electron chi connectivity index (χ4n) is 2.55. The summed E-state index contributed by atoms with van der Waals surface area (Å²) in [5.41, 5.74) is 1.84. The number of carbonyl (C=O) groups excluding carboxylic acids is 1. The molecule has 1 amide bonds. The summed E-state index contributed by atoms with van der Waals surface area (Å²) in [4.78, 5) is 16.5. The van der Waals surface area contributed by atoms with E-state index < -0.39 is 0 Å². The molecule has 0 aliphatic heterocycles. The zero-order valence-corrected chi connectivity index (χ0v) is 16.7. The van der Waals surface area contributed by atoms with Crippen molar-refractivity contribution in [2.75, 3.05) is 0 Å². The van der Waals surface area contributed by atoms with E-state index in [0.717, 1.165) is 17.0 Å². The molecule has 0 saturated carbocycles. The van der Waals surface area contributed by atoms with Gasteiger partial charge in [0.25, 0.3) is 0 Å². The standard InChI is InChI=1S/C19H20ClN5OS/c1-3-25-17(14-8-10-21-11-9-14)23-24-19(25)27-13(2)18(26)22-12-15-6-4-5-7-16(15)20/h4-11,13H,3,12H2,1-2H3,(H,22,26)/t13-/m1/s1. The van der Waals surface area contributed by atoms with Crippen LogP contribution in [0.1, 0.15) is 19.4 Å². The van der Waals surface area contributed by atoms with Gasteiger partial charge in [-0.1, -0.05) is 41.6 Å². The highest BCUT2D eigenvalue weighted by molar-refractivity contribution is 8.00. The Kier molecular flexibility index (Phi) is 6.47. The number of nitrogens with one attached hydrogen (secondary N) is 1. The Bertz CT molecular complexity index is 915. The van der Waals surface area contributed by atoms with Gasteiger partial charge in [0.1, 0.15) is 0 Å². The normalized spacial score (nSPS) is 12.0. The molecular weight excluding hydrogens is 382 g/mol. The van der Waals surface area contributed by atoms with Crippen LogP contribution in [0.3, 0.4) is 0 Å². The molecule has 2 aromatic heterocycles. The van der Waals surface area contributed by atoms with Gasteiger partial charge in [0.05, 0.1) is 5.25 Å². The molecule has 27 heavy (non-hydrogen) atoms. The number of carbonyl (C=O) groups is 1. The molecule has 1 N–H and O–H groups in total. The molecule has 0 unspecified atom stereocenters. The second-order valence-electron chi connectivity index (χ2n) is 5.86. The van der Waals surface area contributed by atoms with Crippen molar-refractivity contribution in [3.63, 3.8) is 0 Å². The van der Waals surface area contributed by atoms with Crippen molar-refractivity contribution in [1.82, 2.24) is 25.1 Å². The van der Waals surface area contributed by atoms with E-state index in [0.29, 0.717) is 23.3 Å². The van der Waals surface area contributed by atoms with Gasteiger partial charge in [-0.05, 0) is 37.6 Å². The second-order valence-corrected chi connectivity index (χ2v) is 7.57. The fraction of sp³-hybridized carbons (Fsp3) is 0.263. The Morgan fingerprint density at radius 1 is 1.22 bits per heavy atom. The average molecular weight is 402 g/mol. The topological polar surface area (TPSA) is 72.7 Å². The smallest absolute Gasteiger partial charge is 0.233 e. The molecule has 0 spiro atoms. The van der Waals surface area contributed by atoms with E-state index in [9.17, 15) is 4.79 Å². The molecule has 3 rings (SSSR count). The summed E-state index contributed by atoms with van der Waals surface area (Å²) in [6.45, 7) is 4.99. The number of hydrogen-bond acceptors (Lipinski definition) is 5. The molecule has 0 saturated heterocycles. The maximum Gasteiger partial charge on any atom is 0.233 e. The van der Waals surface area contributed by atoms with Gasteiger partial charge in [-0.3, -0.25) is 9.78 Å². The first-order valence-corrected chi connectivity index (χ1v) is 9.87. The molecule has 1 atom stereocenters. The summed E-state index contributed by atoms with van der Waals surface area (Å²) in [6, 6.07) is 11.3. The molecule has 0 radical (unpaired) electrons. The van der Waals surface area contributed by atoms with Crippen LogP contribution in [0.15, 0.2) is 53.9 Å². The van der Waals surface area contributed by atoms with E-state index in [2.05, 4.69) is 20.5 Å². The van der Waals surface area contributed by atoms with E-state index in [1.54, 1.807) is 12.4 Å². The molecule has 6 nitrogen and oxygen atoms in total. The number of thioether (sulfide) groups is 1. The quantitative estimate of drug-likeness (QED) is 0.609. The Morgan fingerprint density at radius 2 is 1.96 bits per heavy atom. The van der Waals surface area contributed by atoms with Crippen LogP contribution in [0.4, 0.5) is 0 Å². The summed E-state index contributed by atoms with van der Waals surface area (Å²) < 4.78 is 2.00. The maximum atomic E-state index is 12.5. The lowest BCUT2D eigenvalue weighted by Gasteiger charge is -2.13. The minimum atomic E-state index is -0.313. The van der Waals surface area contributed by atoms with Crippen LogP contribution in [0.2, 0.25) is 5.02 Å². The summed E-state index contributed by atoms with van der Waals surface area (Å²) >= 11 is 7.52. The summed E-state index contributed by atoms with van der Waals surface area (Å²) in [7, 11) is 0. The highest BCUT2D eigenvalue weighted by Gasteiger charge is 2.20. The summed E-state index contributed by atoms with van der Waals surface area (Å²) in [5, 5.41) is 12.5. The van der Waals surface area contributed by atoms with E-state index in [-0.39, 0.29) is 11.2 Å². The number of benzene rings is 1. The number of nitrogens with zero attached hydrogens (tertiary/aromatic N) is 4. The van der Waals surface area contributed by atoms with Crippen LogP contribution >= 0.6 is 23.4 Å². The Balaban J connectivity index is 1.67. The molecule has 1 aromatic carbocycles. The Hall–Kier alpha value is -2.38. The fourth-order valence-corrected chi connectivity index (χ4v) is 3.69. The molecule has 2 heterocycles. The number of amides is 1. The van der Waals surface area contributed by atoms with Crippen LogP contribution in [-0.4, -0.2) is 30.9 Å². The molecule has 0 aliphatic rings. The van der Waals surface area contributed by atoms with Crippen molar-refractivity contribution in [2.45, 2.75) is 37.3 Å². The lowest BCUT2D eigenvalue weighted by atomic mass is 10.2. The predicted molar refractivity (Wildman–Crippen MR) is 108 cm³/mol. The van der Waals surface area contributed by atoms with Gasteiger partial charge in [0, 0.05) is 36.1 Å². The van der Waals surface area contributed by atoms with Crippen LogP contribution in [-0.2, 0) is 17.9 Å². The minimum Gasteiger partial charge on any atom is -0.351 e. The number of aromatic nitrogens is 4. The minimum absolute atomic E-state index is 0.0731. The SMILES string of the molecule is CCn1c(S[C@H](C)C(=O)NCc2ccccc2Cl)nnc1-c1ccncc1. The first-order chi connectivity index (χ1) is 13.1. The molecule has 140 valence electrons. The molecule has 8 heteroatoms. The van der Waals surface area contributed by atoms with Crippen molar-refractivity contribution >= 4 is 29.3 Å². The van der Waals surface area contributed by atoms with Gasteiger partial charge >= 0.3 is 0 Å². The van der Waals surface area contributed by atoms with Gasteiger partial charge in [0.2, 0.25) is 5.91 Å². The van der Waals surface area contributed by atoms with Crippen LogP contribution in [0, 0.1) is 0 Å². The van der Waals surface area contributed by atoms with Crippen LogP contribution in [0.25, 0.3) is 11.4 Å². The van der Waals surface area contributed by atoms with Crippen molar-refractivity contribution in [3.8, 4) is 11.4 Å². The number of hydrogen-bond donors (Lipinski definition) is 1. The highest BCUT2D eigenvalue weighted by Crippen LogP contribution is 2.26. The van der Waals surface area contributed by atoms with E-state index in [4.69, 9.17) is 11.6 Å². The van der Waals surface area contributed by atoms with Crippen LogP contribution < -0.4 is 5.32 Å². The lowest BCUT2D eigenvalue weighted by molar-refractivity contribution is -0.120. The first-order valence-electron chi connectivity index (χ1n) is 8.61. The molecule has 0 fully saturated rings. The number of halogens is 1. The van der Waals surface area contributed by atoms with E-state index in [1.165, 1.54) is 11.8 Å². The van der Waals surface area contributed by atoms with Gasteiger partial charge < -0.3 is 9.88 Å². The molecule has 3 aromatic rings. The molecular formula is C19H20ClN5OS. The van der Waals surface area contributed by atoms with Crippen LogP contribution in [0.5, 0.6) is 0 Å². The average Bonchev–Trinajstić information content (AvgIpc) is 3.10. The monoisotopic (exact) mass is 401 g/mol. The third kappa shape index (κ3) is 4.67. The third-order valence-electron chi connectivity index (χ3n) is 4.03.